The highest BCUT2D eigenvalue weighted by Crippen LogP contribution is 2.18. The van der Waals surface area contributed by atoms with Gasteiger partial charge in [-0.25, -0.2) is 4.98 Å². The third-order valence-corrected chi connectivity index (χ3v) is 2.87. The number of nitrogens with two attached hydrogens (primary N) is 1. The molecule has 0 saturated heterocycles. The number of rotatable bonds is 2. The van der Waals surface area contributed by atoms with Crippen LogP contribution in [0.3, 0.4) is 0 Å². The van der Waals surface area contributed by atoms with Crippen LogP contribution in [-0.2, 0) is 0 Å². The number of hydrogen-bond donors (Lipinski definition) is 1. The molecule has 0 spiro atoms. The van der Waals surface area contributed by atoms with E-state index in [0.29, 0.717) is 11.4 Å². The van der Waals surface area contributed by atoms with Crippen molar-refractivity contribution in [3.63, 3.8) is 0 Å². The Labute approximate surface area is 108 Å². The molecule has 2 heterocycles. The van der Waals surface area contributed by atoms with Crippen LogP contribution < -0.4 is 5.73 Å². The van der Waals surface area contributed by atoms with Crippen LogP contribution in [0, 0.1) is 0 Å². The van der Waals surface area contributed by atoms with Gasteiger partial charge in [-0.15, -0.1) is 5.10 Å². The Hall–Kier alpha value is -2.34. The van der Waals surface area contributed by atoms with Crippen LogP contribution >= 0.6 is 12.2 Å². The van der Waals surface area contributed by atoms with Gasteiger partial charge < -0.3 is 5.73 Å². The molecular formula is C12H9N5S. The van der Waals surface area contributed by atoms with Gasteiger partial charge in [-0.1, -0.05) is 24.4 Å². The minimum atomic E-state index is 0.290. The summed E-state index contributed by atoms with van der Waals surface area (Å²) in [6, 6.07) is 9.52. The molecule has 6 heteroatoms. The van der Waals surface area contributed by atoms with E-state index < -0.39 is 0 Å². The lowest BCUT2D eigenvalue weighted by atomic mass is 10.2. The molecule has 0 fully saturated rings. The van der Waals surface area contributed by atoms with Crippen molar-refractivity contribution in [3.05, 3.63) is 48.4 Å². The van der Waals surface area contributed by atoms with Crippen LogP contribution in [-0.4, -0.2) is 24.7 Å². The Kier molecular flexibility index (Phi) is 2.49. The highest BCUT2D eigenvalue weighted by atomic mass is 32.1. The second-order valence-corrected chi connectivity index (χ2v) is 4.18. The summed E-state index contributed by atoms with van der Waals surface area (Å²) in [7, 11) is 0. The number of para-hydroxylation sites is 2. The zero-order chi connectivity index (χ0) is 12.5. The third kappa shape index (κ3) is 1.63. The molecular weight excluding hydrogens is 246 g/mol. The first-order chi connectivity index (χ1) is 8.77. The molecule has 0 aliphatic rings. The number of fused-ring (bicyclic) bond motifs is 1. The quantitative estimate of drug-likeness (QED) is 0.702. The highest BCUT2D eigenvalue weighted by molar-refractivity contribution is 7.80. The maximum Gasteiger partial charge on any atom is 0.171 e. The summed E-state index contributed by atoms with van der Waals surface area (Å²) in [5, 5.41) is 7.97. The Morgan fingerprint density at radius 3 is 2.89 bits per heavy atom. The van der Waals surface area contributed by atoms with Crippen molar-refractivity contribution >= 4 is 28.2 Å². The van der Waals surface area contributed by atoms with Crippen molar-refractivity contribution in [2.75, 3.05) is 0 Å². The molecule has 0 saturated carbocycles. The van der Waals surface area contributed by atoms with Gasteiger partial charge in [-0.05, 0) is 18.2 Å². The molecule has 88 valence electrons. The lowest BCUT2D eigenvalue weighted by Gasteiger charge is -2.07. The summed E-state index contributed by atoms with van der Waals surface area (Å²) >= 11 is 5.02. The minimum absolute atomic E-state index is 0.290. The summed E-state index contributed by atoms with van der Waals surface area (Å²) in [5.74, 6) is 0.596. The summed E-state index contributed by atoms with van der Waals surface area (Å²) in [6.45, 7) is 0. The van der Waals surface area contributed by atoms with Gasteiger partial charge in [0.25, 0.3) is 0 Å². The predicted molar refractivity (Wildman–Crippen MR) is 72.5 cm³/mol. The first kappa shape index (κ1) is 10.8. The zero-order valence-electron chi connectivity index (χ0n) is 9.32. The number of benzene rings is 1. The van der Waals surface area contributed by atoms with Crippen molar-refractivity contribution in [1.82, 2.24) is 19.7 Å². The standard InChI is InChI=1S/C12H9N5S/c13-11(18)8-5-6-15-16-12(8)17-7-14-9-3-1-2-4-10(9)17/h1-7H,(H2,13,18). The molecule has 0 atom stereocenters. The average molecular weight is 255 g/mol. The van der Waals surface area contributed by atoms with Crippen molar-refractivity contribution in [2.45, 2.75) is 0 Å². The van der Waals surface area contributed by atoms with E-state index in [-0.39, 0.29) is 4.99 Å². The van der Waals surface area contributed by atoms with Gasteiger partial charge in [-0.2, -0.15) is 5.10 Å². The summed E-state index contributed by atoms with van der Waals surface area (Å²) in [6.07, 6.45) is 3.26. The number of thiocarbonyl (C=S) groups is 1. The Morgan fingerprint density at radius 1 is 1.22 bits per heavy atom. The van der Waals surface area contributed by atoms with Crippen molar-refractivity contribution < 1.29 is 0 Å². The fraction of sp³-hybridized carbons (Fsp3) is 0. The van der Waals surface area contributed by atoms with Crippen LogP contribution in [0.1, 0.15) is 5.56 Å². The van der Waals surface area contributed by atoms with Crippen molar-refractivity contribution in [1.29, 1.82) is 0 Å². The molecule has 0 aliphatic heterocycles. The lowest BCUT2D eigenvalue weighted by Crippen LogP contribution is -2.15. The van der Waals surface area contributed by atoms with Gasteiger partial charge in [-0.3, -0.25) is 4.57 Å². The first-order valence-corrected chi connectivity index (χ1v) is 5.72. The normalized spacial score (nSPS) is 10.7. The van der Waals surface area contributed by atoms with Crippen molar-refractivity contribution in [3.8, 4) is 5.82 Å². The van der Waals surface area contributed by atoms with Gasteiger partial charge in [0, 0.05) is 0 Å². The van der Waals surface area contributed by atoms with Gasteiger partial charge in [0.2, 0.25) is 0 Å². The minimum Gasteiger partial charge on any atom is -0.389 e. The fourth-order valence-electron chi connectivity index (χ4n) is 1.82. The predicted octanol–water partition coefficient (Wildman–Crippen LogP) is 1.45. The van der Waals surface area contributed by atoms with E-state index in [0.717, 1.165) is 11.0 Å². The van der Waals surface area contributed by atoms with E-state index in [1.54, 1.807) is 18.6 Å². The Bertz CT molecular complexity index is 734. The lowest BCUT2D eigenvalue weighted by molar-refractivity contribution is 0.924. The monoisotopic (exact) mass is 255 g/mol. The summed E-state index contributed by atoms with van der Waals surface area (Å²) < 4.78 is 1.83. The van der Waals surface area contributed by atoms with Crippen LogP contribution in [0.2, 0.25) is 0 Å². The van der Waals surface area contributed by atoms with Crippen LogP contribution in [0.15, 0.2) is 42.9 Å². The number of imidazole rings is 1. The Balaban J connectivity index is 2.30. The first-order valence-electron chi connectivity index (χ1n) is 5.31. The maximum absolute atomic E-state index is 5.69. The van der Waals surface area contributed by atoms with Crippen LogP contribution in [0.4, 0.5) is 0 Å². The second-order valence-electron chi connectivity index (χ2n) is 3.74. The van der Waals surface area contributed by atoms with Gasteiger partial charge in [0.15, 0.2) is 5.82 Å². The topological polar surface area (TPSA) is 69.6 Å². The number of hydrogen-bond acceptors (Lipinski definition) is 4. The molecule has 3 aromatic rings. The van der Waals surface area contributed by atoms with E-state index in [2.05, 4.69) is 15.2 Å². The molecule has 0 bridgehead atoms. The molecule has 0 amide bonds. The molecule has 2 N–H and O–H groups in total. The molecule has 0 radical (unpaired) electrons. The zero-order valence-corrected chi connectivity index (χ0v) is 10.1. The third-order valence-electron chi connectivity index (χ3n) is 2.65. The van der Waals surface area contributed by atoms with E-state index >= 15 is 0 Å². The van der Waals surface area contributed by atoms with E-state index in [1.807, 2.05) is 28.8 Å². The fourth-order valence-corrected chi connectivity index (χ4v) is 1.98. The molecule has 0 aliphatic carbocycles. The van der Waals surface area contributed by atoms with E-state index in [4.69, 9.17) is 18.0 Å². The summed E-state index contributed by atoms with van der Waals surface area (Å²) in [5.41, 5.74) is 8.20. The number of aromatic nitrogens is 4. The largest absolute Gasteiger partial charge is 0.389 e. The van der Waals surface area contributed by atoms with Gasteiger partial charge in [0.05, 0.1) is 22.8 Å². The maximum atomic E-state index is 5.69. The average Bonchev–Trinajstić information content (AvgIpc) is 2.82. The molecule has 0 unspecified atom stereocenters. The smallest absolute Gasteiger partial charge is 0.171 e. The molecule has 5 nitrogen and oxygen atoms in total. The molecule has 2 aromatic heterocycles. The molecule has 1 aromatic carbocycles. The molecule has 3 rings (SSSR count). The van der Waals surface area contributed by atoms with E-state index in [9.17, 15) is 0 Å². The number of nitrogens with zero attached hydrogens (tertiary/aromatic N) is 4. The van der Waals surface area contributed by atoms with Crippen molar-refractivity contribution in [2.24, 2.45) is 5.73 Å². The summed E-state index contributed by atoms with van der Waals surface area (Å²) in [4.78, 5) is 4.60. The Morgan fingerprint density at radius 2 is 2.06 bits per heavy atom. The van der Waals surface area contributed by atoms with Gasteiger partial charge >= 0.3 is 0 Å². The van der Waals surface area contributed by atoms with E-state index in [1.165, 1.54) is 0 Å². The van der Waals surface area contributed by atoms with Crippen LogP contribution in [0.5, 0.6) is 0 Å². The molecule has 18 heavy (non-hydrogen) atoms. The van der Waals surface area contributed by atoms with Gasteiger partial charge in [0.1, 0.15) is 11.3 Å². The highest BCUT2D eigenvalue weighted by Gasteiger charge is 2.11. The SMILES string of the molecule is NC(=S)c1ccnnc1-n1cnc2ccccc21. The van der Waals surface area contributed by atoms with Crippen LogP contribution in [0.25, 0.3) is 16.9 Å². The second kappa shape index (κ2) is 4.15.